The van der Waals surface area contributed by atoms with Gasteiger partial charge in [0.1, 0.15) is 0 Å². The topological polar surface area (TPSA) is 26.0 Å². The average Bonchev–Trinajstić information content (AvgIpc) is 2.30. The Labute approximate surface area is 118 Å². The smallest absolute Gasteiger partial charge is 0.0406 e. The fourth-order valence-electron chi connectivity index (χ4n) is 1.37. The molecule has 0 amide bonds. The Morgan fingerprint density at radius 3 is 2.47 bits per heavy atom. The Bertz CT molecular complexity index is 513. The van der Waals surface area contributed by atoms with Crippen molar-refractivity contribution in [2.75, 3.05) is 5.73 Å². The zero-order valence-corrected chi connectivity index (χ0v) is 12.1. The van der Waals surface area contributed by atoms with E-state index in [0.717, 1.165) is 20.9 Å². The SMILES string of the molecule is Nc1ccc(CSc2ccc(Cl)cc2)c(Br)c1. The average molecular weight is 329 g/mol. The molecule has 0 aliphatic carbocycles. The number of hydrogen-bond donors (Lipinski definition) is 1. The van der Waals surface area contributed by atoms with E-state index in [1.165, 1.54) is 10.5 Å². The minimum Gasteiger partial charge on any atom is -0.399 e. The summed E-state index contributed by atoms with van der Waals surface area (Å²) in [6.07, 6.45) is 0. The number of rotatable bonds is 3. The summed E-state index contributed by atoms with van der Waals surface area (Å²) in [5.41, 5.74) is 7.71. The maximum atomic E-state index is 5.84. The molecule has 0 aromatic heterocycles. The lowest BCUT2D eigenvalue weighted by Crippen LogP contribution is -1.88. The predicted octanol–water partition coefficient (Wildman–Crippen LogP) is 4.98. The fourth-order valence-corrected chi connectivity index (χ4v) is 3.12. The Kier molecular flexibility index (Phi) is 4.37. The van der Waals surface area contributed by atoms with Crippen LogP contribution in [0.25, 0.3) is 0 Å². The lowest BCUT2D eigenvalue weighted by Gasteiger charge is -2.05. The van der Waals surface area contributed by atoms with Crippen LogP contribution in [0.3, 0.4) is 0 Å². The maximum Gasteiger partial charge on any atom is 0.0406 e. The van der Waals surface area contributed by atoms with Crippen molar-refractivity contribution >= 4 is 45.0 Å². The van der Waals surface area contributed by atoms with Crippen molar-refractivity contribution in [3.63, 3.8) is 0 Å². The van der Waals surface area contributed by atoms with Gasteiger partial charge in [-0.05, 0) is 42.0 Å². The van der Waals surface area contributed by atoms with Gasteiger partial charge < -0.3 is 5.73 Å². The number of nitrogen functional groups attached to an aromatic ring is 1. The van der Waals surface area contributed by atoms with Crippen molar-refractivity contribution in [1.29, 1.82) is 0 Å². The first-order chi connectivity index (χ1) is 8.15. The highest BCUT2D eigenvalue weighted by atomic mass is 79.9. The number of nitrogens with two attached hydrogens (primary N) is 1. The van der Waals surface area contributed by atoms with Gasteiger partial charge in [-0.3, -0.25) is 0 Å². The molecule has 4 heteroatoms. The quantitative estimate of drug-likeness (QED) is 0.635. The molecule has 0 heterocycles. The highest BCUT2D eigenvalue weighted by Crippen LogP contribution is 2.28. The molecule has 17 heavy (non-hydrogen) atoms. The number of thioether (sulfide) groups is 1. The van der Waals surface area contributed by atoms with Crippen LogP contribution in [0, 0.1) is 0 Å². The van der Waals surface area contributed by atoms with Gasteiger partial charge in [-0.25, -0.2) is 0 Å². The summed E-state index contributed by atoms with van der Waals surface area (Å²) >= 11 is 11.1. The van der Waals surface area contributed by atoms with Gasteiger partial charge >= 0.3 is 0 Å². The standard InChI is InChI=1S/C13H11BrClNS/c14-13-7-11(16)4-1-9(13)8-17-12-5-2-10(15)3-6-12/h1-7H,8,16H2. The molecular formula is C13H11BrClNS. The van der Waals surface area contributed by atoms with Gasteiger partial charge in [-0.15, -0.1) is 11.8 Å². The van der Waals surface area contributed by atoms with Crippen molar-refractivity contribution in [2.45, 2.75) is 10.6 Å². The van der Waals surface area contributed by atoms with Crippen LogP contribution in [0.5, 0.6) is 0 Å². The van der Waals surface area contributed by atoms with Gasteiger partial charge in [0.2, 0.25) is 0 Å². The molecule has 0 saturated heterocycles. The van der Waals surface area contributed by atoms with E-state index in [1.54, 1.807) is 11.8 Å². The summed E-state index contributed by atoms with van der Waals surface area (Å²) in [5, 5.41) is 0.767. The third-order valence-corrected chi connectivity index (χ3v) is 4.34. The normalized spacial score (nSPS) is 10.5. The van der Waals surface area contributed by atoms with Gasteiger partial charge in [-0.2, -0.15) is 0 Å². The maximum absolute atomic E-state index is 5.84. The molecule has 0 fully saturated rings. The van der Waals surface area contributed by atoms with E-state index in [-0.39, 0.29) is 0 Å². The summed E-state index contributed by atoms with van der Waals surface area (Å²) in [6, 6.07) is 13.8. The highest BCUT2D eigenvalue weighted by molar-refractivity contribution is 9.10. The lowest BCUT2D eigenvalue weighted by atomic mass is 10.2. The second-order valence-electron chi connectivity index (χ2n) is 3.59. The van der Waals surface area contributed by atoms with E-state index in [1.807, 2.05) is 42.5 Å². The van der Waals surface area contributed by atoms with Crippen LogP contribution in [-0.2, 0) is 5.75 Å². The van der Waals surface area contributed by atoms with Crippen LogP contribution < -0.4 is 5.73 Å². The van der Waals surface area contributed by atoms with Gasteiger partial charge in [0, 0.05) is 25.8 Å². The monoisotopic (exact) mass is 327 g/mol. The van der Waals surface area contributed by atoms with Gasteiger partial charge in [0.05, 0.1) is 0 Å². The molecule has 0 aliphatic heterocycles. The van der Waals surface area contributed by atoms with E-state index in [9.17, 15) is 0 Å². The molecule has 2 aromatic rings. The van der Waals surface area contributed by atoms with Crippen molar-refractivity contribution in [3.05, 3.63) is 57.5 Å². The van der Waals surface area contributed by atoms with Crippen LogP contribution in [-0.4, -0.2) is 0 Å². The number of anilines is 1. The molecule has 0 radical (unpaired) electrons. The molecule has 0 bridgehead atoms. The Balaban J connectivity index is 2.04. The molecule has 0 unspecified atom stereocenters. The van der Waals surface area contributed by atoms with Crippen molar-refractivity contribution in [3.8, 4) is 0 Å². The van der Waals surface area contributed by atoms with Crippen LogP contribution in [0.1, 0.15) is 5.56 Å². The van der Waals surface area contributed by atoms with Gasteiger partial charge in [0.25, 0.3) is 0 Å². The van der Waals surface area contributed by atoms with Crippen LogP contribution in [0.2, 0.25) is 5.02 Å². The van der Waals surface area contributed by atoms with Crippen LogP contribution >= 0.6 is 39.3 Å². The Morgan fingerprint density at radius 2 is 1.82 bits per heavy atom. The minimum atomic E-state index is 0.767. The van der Waals surface area contributed by atoms with Gasteiger partial charge in [0.15, 0.2) is 0 Å². The molecule has 2 rings (SSSR count). The first-order valence-electron chi connectivity index (χ1n) is 5.07. The largest absolute Gasteiger partial charge is 0.399 e. The molecule has 0 spiro atoms. The van der Waals surface area contributed by atoms with Crippen molar-refractivity contribution in [1.82, 2.24) is 0 Å². The van der Waals surface area contributed by atoms with E-state index in [0.29, 0.717) is 0 Å². The van der Waals surface area contributed by atoms with E-state index < -0.39 is 0 Å². The van der Waals surface area contributed by atoms with E-state index >= 15 is 0 Å². The first-order valence-corrected chi connectivity index (χ1v) is 7.23. The first kappa shape index (κ1) is 12.8. The van der Waals surface area contributed by atoms with E-state index in [4.69, 9.17) is 17.3 Å². The number of halogens is 2. The second kappa shape index (κ2) is 5.80. The molecule has 1 nitrogen and oxygen atoms in total. The highest BCUT2D eigenvalue weighted by Gasteiger charge is 2.01. The van der Waals surface area contributed by atoms with E-state index in [2.05, 4.69) is 15.9 Å². The minimum absolute atomic E-state index is 0.767. The van der Waals surface area contributed by atoms with Crippen LogP contribution in [0.15, 0.2) is 51.8 Å². The predicted molar refractivity (Wildman–Crippen MR) is 79.6 cm³/mol. The molecule has 88 valence electrons. The molecule has 0 saturated carbocycles. The summed E-state index contributed by atoms with van der Waals surface area (Å²) < 4.78 is 1.05. The third kappa shape index (κ3) is 3.66. The summed E-state index contributed by atoms with van der Waals surface area (Å²) in [7, 11) is 0. The molecular weight excluding hydrogens is 318 g/mol. The summed E-state index contributed by atoms with van der Waals surface area (Å²) in [5.74, 6) is 0.905. The second-order valence-corrected chi connectivity index (χ2v) is 5.93. The number of hydrogen-bond acceptors (Lipinski definition) is 2. The lowest BCUT2D eigenvalue weighted by molar-refractivity contribution is 1.36. The van der Waals surface area contributed by atoms with Crippen LogP contribution in [0.4, 0.5) is 5.69 Å². The fraction of sp³-hybridized carbons (Fsp3) is 0.0769. The Morgan fingerprint density at radius 1 is 1.12 bits per heavy atom. The van der Waals surface area contributed by atoms with Crippen molar-refractivity contribution in [2.24, 2.45) is 0 Å². The zero-order valence-electron chi connectivity index (χ0n) is 8.99. The molecule has 2 aromatic carbocycles. The molecule has 0 atom stereocenters. The molecule has 2 N–H and O–H groups in total. The van der Waals surface area contributed by atoms with Gasteiger partial charge in [-0.1, -0.05) is 33.6 Å². The molecule has 0 aliphatic rings. The summed E-state index contributed by atoms with van der Waals surface area (Å²) in [4.78, 5) is 1.21. The number of benzene rings is 2. The summed E-state index contributed by atoms with van der Waals surface area (Å²) in [6.45, 7) is 0. The third-order valence-electron chi connectivity index (χ3n) is 2.29. The zero-order chi connectivity index (χ0) is 12.3. The Hall–Kier alpha value is -0.640. The van der Waals surface area contributed by atoms with Crippen molar-refractivity contribution < 1.29 is 0 Å².